The van der Waals surface area contributed by atoms with Gasteiger partial charge in [-0.3, -0.25) is 4.79 Å². The van der Waals surface area contributed by atoms with Crippen molar-refractivity contribution >= 4 is 27.5 Å². The Morgan fingerprint density at radius 2 is 2.00 bits per heavy atom. The number of aromatic amines is 1. The van der Waals surface area contributed by atoms with E-state index in [0.717, 1.165) is 16.6 Å². The summed E-state index contributed by atoms with van der Waals surface area (Å²) in [7, 11) is 0. The molecular weight excluding hydrogens is 256 g/mol. The van der Waals surface area contributed by atoms with Gasteiger partial charge < -0.3 is 10.3 Å². The molecule has 0 aromatic carbocycles. The maximum absolute atomic E-state index is 12.3. The van der Waals surface area contributed by atoms with Gasteiger partial charge in [0.25, 0.3) is 5.91 Å². The molecule has 2 aromatic rings. The molecule has 0 fully saturated rings. The number of hydrogen-bond donors (Lipinski definition) is 2. The molecule has 0 aliphatic rings. The second-order valence-electron chi connectivity index (χ2n) is 6.96. The first kappa shape index (κ1) is 14.1. The molecular formula is C15H22N2OS. The minimum absolute atomic E-state index is 0.0300. The summed E-state index contributed by atoms with van der Waals surface area (Å²) >= 11 is 1.64. The number of nitrogens with one attached hydrogen (secondary N) is 2. The molecule has 2 aromatic heterocycles. The minimum atomic E-state index is -0.214. The molecule has 2 N–H and O–H groups in total. The van der Waals surface area contributed by atoms with Gasteiger partial charge in [-0.25, -0.2) is 0 Å². The smallest absolute Gasteiger partial charge is 0.268 e. The van der Waals surface area contributed by atoms with Gasteiger partial charge in [0.05, 0.1) is 10.2 Å². The molecule has 4 heteroatoms. The molecule has 3 nitrogen and oxygen atoms in total. The lowest BCUT2D eigenvalue weighted by molar-refractivity contribution is 0.0887. The largest absolute Gasteiger partial charge is 0.350 e. The Balaban J connectivity index is 2.10. The van der Waals surface area contributed by atoms with Crippen molar-refractivity contribution in [3.63, 3.8) is 0 Å². The second-order valence-corrected chi connectivity index (χ2v) is 7.90. The van der Waals surface area contributed by atoms with Crippen molar-refractivity contribution < 1.29 is 4.79 Å². The highest BCUT2D eigenvalue weighted by molar-refractivity contribution is 7.17. The van der Waals surface area contributed by atoms with Crippen LogP contribution < -0.4 is 5.32 Å². The predicted octanol–water partition coefficient (Wildman–Crippen LogP) is 4.17. The highest BCUT2D eigenvalue weighted by Gasteiger charge is 2.27. The van der Waals surface area contributed by atoms with Crippen LogP contribution in [-0.2, 0) is 0 Å². The van der Waals surface area contributed by atoms with Crippen LogP contribution in [0.25, 0.3) is 10.2 Å². The summed E-state index contributed by atoms with van der Waals surface area (Å²) in [4.78, 5) is 15.4. The van der Waals surface area contributed by atoms with E-state index in [1.54, 1.807) is 11.3 Å². The fourth-order valence-electron chi connectivity index (χ4n) is 2.72. The van der Waals surface area contributed by atoms with Gasteiger partial charge in [-0.1, -0.05) is 20.8 Å². The van der Waals surface area contributed by atoms with Crippen molar-refractivity contribution in [1.29, 1.82) is 0 Å². The van der Waals surface area contributed by atoms with E-state index >= 15 is 0 Å². The number of carbonyl (C=O) groups excluding carboxylic acids is 1. The molecule has 104 valence electrons. The first-order chi connectivity index (χ1) is 8.66. The zero-order valence-electron chi connectivity index (χ0n) is 12.3. The molecule has 0 spiro atoms. The van der Waals surface area contributed by atoms with Gasteiger partial charge in [0.15, 0.2) is 0 Å². The molecule has 0 aliphatic carbocycles. The quantitative estimate of drug-likeness (QED) is 0.869. The fraction of sp³-hybridized carbons (Fsp3) is 0.533. The highest BCUT2D eigenvalue weighted by Crippen LogP contribution is 2.27. The number of fused-ring (bicyclic) bond motifs is 1. The van der Waals surface area contributed by atoms with Gasteiger partial charge in [-0.05, 0) is 43.2 Å². The van der Waals surface area contributed by atoms with E-state index in [1.165, 1.54) is 0 Å². The molecule has 0 unspecified atom stereocenters. The number of amides is 1. The summed E-state index contributed by atoms with van der Waals surface area (Å²) in [6, 6.07) is 3.92. The molecule has 0 aliphatic heterocycles. The summed E-state index contributed by atoms with van der Waals surface area (Å²) in [5.41, 5.74) is 1.65. The SMILES string of the molecule is CC(C)(C)CC(C)(C)NC(=O)c1cc2sccc2[nH]1. The number of thiophene rings is 1. The van der Waals surface area contributed by atoms with E-state index in [2.05, 4.69) is 44.9 Å². The lowest BCUT2D eigenvalue weighted by Gasteiger charge is -2.33. The van der Waals surface area contributed by atoms with Gasteiger partial charge >= 0.3 is 0 Å². The van der Waals surface area contributed by atoms with E-state index in [0.29, 0.717) is 5.69 Å². The van der Waals surface area contributed by atoms with Crippen LogP contribution in [0, 0.1) is 5.41 Å². The third kappa shape index (κ3) is 3.60. The van der Waals surface area contributed by atoms with Crippen LogP contribution in [0.15, 0.2) is 17.5 Å². The Morgan fingerprint density at radius 3 is 2.58 bits per heavy atom. The highest BCUT2D eigenvalue weighted by atomic mass is 32.1. The maximum atomic E-state index is 12.3. The average Bonchev–Trinajstić information content (AvgIpc) is 2.69. The van der Waals surface area contributed by atoms with Crippen molar-refractivity contribution in [3.05, 3.63) is 23.2 Å². The van der Waals surface area contributed by atoms with Crippen molar-refractivity contribution in [2.45, 2.75) is 46.6 Å². The Morgan fingerprint density at radius 1 is 1.32 bits per heavy atom. The molecule has 0 atom stereocenters. The lowest BCUT2D eigenvalue weighted by atomic mass is 9.82. The van der Waals surface area contributed by atoms with E-state index in [4.69, 9.17) is 0 Å². The van der Waals surface area contributed by atoms with Crippen LogP contribution in [-0.4, -0.2) is 16.4 Å². The van der Waals surface area contributed by atoms with Crippen molar-refractivity contribution in [1.82, 2.24) is 10.3 Å². The first-order valence-corrected chi connectivity index (χ1v) is 7.43. The molecule has 2 rings (SSSR count). The summed E-state index contributed by atoms with van der Waals surface area (Å²) in [6.07, 6.45) is 0.931. The molecule has 0 saturated carbocycles. The normalized spacial score (nSPS) is 12.9. The molecule has 19 heavy (non-hydrogen) atoms. The van der Waals surface area contributed by atoms with Gasteiger partial charge in [0.1, 0.15) is 5.69 Å². The fourth-order valence-corrected chi connectivity index (χ4v) is 3.50. The van der Waals surface area contributed by atoms with E-state index in [1.807, 2.05) is 17.5 Å². The van der Waals surface area contributed by atoms with Crippen LogP contribution in [0.4, 0.5) is 0 Å². The molecule has 1 amide bonds. The lowest BCUT2D eigenvalue weighted by Crippen LogP contribution is -2.45. The molecule has 2 heterocycles. The number of carbonyl (C=O) groups is 1. The summed E-state index contributed by atoms with van der Waals surface area (Å²) in [5.74, 6) is -0.0300. The van der Waals surface area contributed by atoms with Crippen LogP contribution >= 0.6 is 11.3 Å². The first-order valence-electron chi connectivity index (χ1n) is 6.55. The summed E-state index contributed by atoms with van der Waals surface area (Å²) < 4.78 is 1.12. The van der Waals surface area contributed by atoms with E-state index in [9.17, 15) is 4.79 Å². The number of aromatic nitrogens is 1. The number of H-pyrrole nitrogens is 1. The van der Waals surface area contributed by atoms with Crippen LogP contribution in [0.3, 0.4) is 0 Å². The van der Waals surface area contributed by atoms with E-state index in [-0.39, 0.29) is 16.9 Å². The van der Waals surface area contributed by atoms with Gasteiger partial charge in [-0.15, -0.1) is 11.3 Å². The van der Waals surface area contributed by atoms with Crippen LogP contribution in [0.2, 0.25) is 0 Å². The second kappa shape index (κ2) is 4.67. The van der Waals surface area contributed by atoms with Crippen molar-refractivity contribution in [2.75, 3.05) is 0 Å². The standard InChI is InChI=1S/C15H22N2OS/c1-14(2,3)9-15(4,5)17-13(18)11-8-12-10(16-11)6-7-19-12/h6-8,16H,9H2,1-5H3,(H,17,18). The molecule has 0 bridgehead atoms. The summed E-state index contributed by atoms with van der Waals surface area (Å²) in [6.45, 7) is 10.7. The Kier molecular flexibility index (Phi) is 3.47. The summed E-state index contributed by atoms with van der Waals surface area (Å²) in [5, 5.41) is 5.13. The van der Waals surface area contributed by atoms with Crippen LogP contribution in [0.1, 0.15) is 51.5 Å². The van der Waals surface area contributed by atoms with Gasteiger partial charge in [0.2, 0.25) is 0 Å². The third-order valence-corrected chi connectivity index (χ3v) is 3.77. The third-order valence-electron chi connectivity index (χ3n) is 2.91. The Hall–Kier alpha value is -1.29. The topological polar surface area (TPSA) is 44.9 Å². The zero-order chi connectivity index (χ0) is 14.3. The molecule has 0 radical (unpaired) electrons. The Bertz CT molecular complexity index is 558. The molecule has 0 saturated heterocycles. The number of hydrogen-bond acceptors (Lipinski definition) is 2. The van der Waals surface area contributed by atoms with Gasteiger partial charge in [-0.2, -0.15) is 0 Å². The van der Waals surface area contributed by atoms with Gasteiger partial charge in [0, 0.05) is 5.54 Å². The van der Waals surface area contributed by atoms with Crippen molar-refractivity contribution in [3.8, 4) is 0 Å². The zero-order valence-corrected chi connectivity index (χ0v) is 13.1. The average molecular weight is 278 g/mol. The van der Waals surface area contributed by atoms with Crippen LogP contribution in [0.5, 0.6) is 0 Å². The number of rotatable bonds is 3. The predicted molar refractivity (Wildman–Crippen MR) is 81.8 cm³/mol. The maximum Gasteiger partial charge on any atom is 0.268 e. The van der Waals surface area contributed by atoms with Crippen molar-refractivity contribution in [2.24, 2.45) is 5.41 Å². The Labute approximate surface area is 118 Å². The van der Waals surface area contributed by atoms with E-state index < -0.39 is 0 Å². The minimum Gasteiger partial charge on any atom is -0.350 e. The monoisotopic (exact) mass is 278 g/mol.